The molecule has 1 amide bonds. The van der Waals surface area contributed by atoms with E-state index in [2.05, 4.69) is 16.7 Å². The summed E-state index contributed by atoms with van der Waals surface area (Å²) < 4.78 is 15.5. The Bertz CT molecular complexity index is 798. The average Bonchev–Trinajstić information content (AvgIpc) is 3.07. The number of benzene rings is 1. The molecular formula is C19H23N3O5. The van der Waals surface area contributed by atoms with E-state index < -0.39 is 5.97 Å². The molecule has 0 aliphatic carbocycles. The summed E-state index contributed by atoms with van der Waals surface area (Å²) >= 11 is 0. The van der Waals surface area contributed by atoms with Crippen LogP contribution in [0.5, 0.6) is 5.75 Å². The zero-order chi connectivity index (χ0) is 19.8. The van der Waals surface area contributed by atoms with Crippen molar-refractivity contribution in [3.8, 4) is 5.75 Å². The quantitative estimate of drug-likeness (QED) is 0.492. The van der Waals surface area contributed by atoms with Gasteiger partial charge in [-0.25, -0.2) is 4.79 Å². The van der Waals surface area contributed by atoms with Crippen molar-refractivity contribution in [2.24, 2.45) is 0 Å². The number of hydrogen-bond acceptors (Lipinski definition) is 7. The van der Waals surface area contributed by atoms with Crippen molar-refractivity contribution >= 4 is 11.9 Å². The van der Waals surface area contributed by atoms with Gasteiger partial charge in [0.15, 0.2) is 13.2 Å². The molecule has 0 saturated carbocycles. The molecule has 2 aromatic rings. The number of hydrogen-bond donors (Lipinski definition) is 0. The Balaban J connectivity index is 1.84. The molecule has 0 spiro atoms. The van der Waals surface area contributed by atoms with Crippen molar-refractivity contribution in [2.45, 2.75) is 27.4 Å². The molecule has 1 aromatic heterocycles. The molecule has 0 aliphatic rings. The van der Waals surface area contributed by atoms with Crippen LogP contribution < -0.4 is 4.74 Å². The van der Waals surface area contributed by atoms with Gasteiger partial charge in [0, 0.05) is 20.0 Å². The lowest BCUT2D eigenvalue weighted by molar-refractivity contribution is -0.133. The normalized spacial score (nSPS) is 10.3. The third-order valence-electron chi connectivity index (χ3n) is 3.55. The van der Waals surface area contributed by atoms with Gasteiger partial charge in [-0.15, -0.1) is 0 Å². The predicted octanol–water partition coefficient (Wildman–Crippen LogP) is 2.54. The lowest BCUT2D eigenvalue weighted by Gasteiger charge is -2.20. The average molecular weight is 373 g/mol. The molecule has 0 saturated heterocycles. The van der Waals surface area contributed by atoms with E-state index in [4.69, 9.17) is 14.0 Å². The van der Waals surface area contributed by atoms with E-state index in [1.165, 1.54) is 0 Å². The zero-order valence-electron chi connectivity index (χ0n) is 15.7. The molecule has 144 valence electrons. The first-order chi connectivity index (χ1) is 12.9. The molecular weight excluding hydrogens is 350 g/mol. The number of esters is 1. The lowest BCUT2D eigenvalue weighted by Crippen LogP contribution is -2.35. The minimum absolute atomic E-state index is 0.158. The number of ether oxygens (including phenoxy) is 2. The zero-order valence-corrected chi connectivity index (χ0v) is 15.7. The van der Waals surface area contributed by atoms with Gasteiger partial charge in [-0.2, -0.15) is 4.98 Å². The summed E-state index contributed by atoms with van der Waals surface area (Å²) in [6.07, 6.45) is 0. The summed E-state index contributed by atoms with van der Waals surface area (Å²) in [4.78, 5) is 29.8. The van der Waals surface area contributed by atoms with Gasteiger partial charge in [0.1, 0.15) is 5.75 Å². The second-order valence-electron chi connectivity index (χ2n) is 5.98. The second kappa shape index (κ2) is 9.51. The number of rotatable bonds is 9. The van der Waals surface area contributed by atoms with Crippen LogP contribution in [-0.2, 0) is 16.1 Å². The Kier molecular flexibility index (Phi) is 7.10. The molecule has 2 rings (SSSR count). The van der Waals surface area contributed by atoms with Crippen molar-refractivity contribution in [3.63, 3.8) is 0 Å². The van der Waals surface area contributed by atoms with Crippen molar-refractivity contribution < 1.29 is 23.6 Å². The van der Waals surface area contributed by atoms with E-state index in [1.807, 2.05) is 13.8 Å². The summed E-state index contributed by atoms with van der Waals surface area (Å²) in [5.41, 5.74) is 1.19. The Morgan fingerprint density at radius 3 is 2.52 bits per heavy atom. The van der Waals surface area contributed by atoms with Gasteiger partial charge in [-0.05, 0) is 38.1 Å². The molecule has 8 nitrogen and oxygen atoms in total. The molecule has 0 unspecified atom stereocenters. The monoisotopic (exact) mass is 373 g/mol. The van der Waals surface area contributed by atoms with E-state index >= 15 is 0 Å². The Morgan fingerprint density at radius 1 is 1.26 bits per heavy atom. The summed E-state index contributed by atoms with van der Waals surface area (Å²) in [5.74, 6) is 0.610. The molecule has 0 N–H and O–H groups in total. The standard InChI is InChI=1S/C19H23N3O5/c1-5-22(10-13(2)3)18(23)12-26-19(24)15-6-8-16(9-7-15)25-11-17-20-14(4)27-21-17/h6-9H,2,5,10-12H2,1,3-4H3. The third-order valence-corrected chi connectivity index (χ3v) is 3.55. The van der Waals surface area contributed by atoms with E-state index in [-0.39, 0.29) is 19.1 Å². The van der Waals surface area contributed by atoms with Gasteiger partial charge in [-0.1, -0.05) is 17.3 Å². The van der Waals surface area contributed by atoms with Crippen LogP contribution in [-0.4, -0.2) is 46.6 Å². The van der Waals surface area contributed by atoms with Crippen LogP contribution in [0.3, 0.4) is 0 Å². The Hall–Kier alpha value is -3.16. The van der Waals surface area contributed by atoms with Crippen LogP contribution in [0.25, 0.3) is 0 Å². The maximum absolute atomic E-state index is 12.1. The molecule has 0 atom stereocenters. The van der Waals surface area contributed by atoms with Crippen LogP contribution in [0.4, 0.5) is 0 Å². The molecule has 27 heavy (non-hydrogen) atoms. The number of carbonyl (C=O) groups excluding carboxylic acids is 2. The number of likely N-dealkylation sites (N-methyl/N-ethyl adjacent to an activating group) is 1. The van der Waals surface area contributed by atoms with Gasteiger partial charge >= 0.3 is 5.97 Å². The van der Waals surface area contributed by atoms with Gasteiger partial charge in [-0.3, -0.25) is 4.79 Å². The van der Waals surface area contributed by atoms with Crippen molar-refractivity contribution in [1.29, 1.82) is 0 Å². The fourth-order valence-corrected chi connectivity index (χ4v) is 2.24. The molecule has 8 heteroatoms. The highest BCUT2D eigenvalue weighted by molar-refractivity contribution is 5.91. The number of aromatic nitrogens is 2. The van der Waals surface area contributed by atoms with Crippen molar-refractivity contribution in [3.05, 3.63) is 53.7 Å². The lowest BCUT2D eigenvalue weighted by atomic mass is 10.2. The van der Waals surface area contributed by atoms with E-state index in [0.29, 0.717) is 36.1 Å². The molecule has 1 heterocycles. The fourth-order valence-electron chi connectivity index (χ4n) is 2.24. The maximum atomic E-state index is 12.1. The molecule has 0 bridgehead atoms. The summed E-state index contributed by atoms with van der Waals surface area (Å²) in [5, 5.41) is 3.73. The minimum Gasteiger partial charge on any atom is -0.485 e. The van der Waals surface area contributed by atoms with Gasteiger partial charge in [0.2, 0.25) is 11.7 Å². The smallest absolute Gasteiger partial charge is 0.338 e. The summed E-state index contributed by atoms with van der Waals surface area (Å²) in [6, 6.07) is 6.39. The molecule has 0 radical (unpaired) electrons. The summed E-state index contributed by atoms with van der Waals surface area (Å²) in [7, 11) is 0. The van der Waals surface area contributed by atoms with Gasteiger partial charge < -0.3 is 18.9 Å². The fraction of sp³-hybridized carbons (Fsp3) is 0.368. The van der Waals surface area contributed by atoms with E-state index in [1.54, 1.807) is 36.1 Å². The minimum atomic E-state index is -0.574. The number of carbonyl (C=O) groups is 2. The molecule has 0 aliphatic heterocycles. The Labute approximate surface area is 157 Å². The van der Waals surface area contributed by atoms with Crippen molar-refractivity contribution in [1.82, 2.24) is 15.0 Å². The second-order valence-corrected chi connectivity index (χ2v) is 5.98. The van der Waals surface area contributed by atoms with E-state index in [9.17, 15) is 9.59 Å². The van der Waals surface area contributed by atoms with Crippen LogP contribution in [0.2, 0.25) is 0 Å². The van der Waals surface area contributed by atoms with Gasteiger partial charge in [0.25, 0.3) is 5.91 Å². The first kappa shape index (κ1) is 20.2. The largest absolute Gasteiger partial charge is 0.485 e. The molecule has 1 aromatic carbocycles. The Morgan fingerprint density at radius 2 is 1.96 bits per heavy atom. The van der Waals surface area contributed by atoms with E-state index in [0.717, 1.165) is 5.57 Å². The first-order valence-corrected chi connectivity index (χ1v) is 8.50. The first-order valence-electron chi connectivity index (χ1n) is 8.50. The third kappa shape index (κ3) is 6.25. The highest BCUT2D eigenvalue weighted by Crippen LogP contribution is 2.14. The van der Waals surface area contributed by atoms with Crippen LogP contribution in [0.1, 0.15) is 35.9 Å². The maximum Gasteiger partial charge on any atom is 0.338 e. The van der Waals surface area contributed by atoms with Crippen LogP contribution in [0.15, 0.2) is 40.9 Å². The SMILES string of the molecule is C=C(C)CN(CC)C(=O)COC(=O)c1ccc(OCc2noc(C)n2)cc1. The van der Waals surface area contributed by atoms with Crippen LogP contribution >= 0.6 is 0 Å². The highest BCUT2D eigenvalue weighted by atomic mass is 16.5. The van der Waals surface area contributed by atoms with Crippen LogP contribution in [0, 0.1) is 6.92 Å². The number of amides is 1. The molecule has 0 fully saturated rings. The highest BCUT2D eigenvalue weighted by Gasteiger charge is 2.15. The number of aryl methyl sites for hydroxylation is 1. The summed E-state index contributed by atoms with van der Waals surface area (Å²) in [6.45, 7) is 9.99. The van der Waals surface area contributed by atoms with Crippen molar-refractivity contribution in [2.75, 3.05) is 19.7 Å². The predicted molar refractivity (Wildman–Crippen MR) is 97.2 cm³/mol. The topological polar surface area (TPSA) is 94.8 Å². The number of nitrogens with zero attached hydrogens (tertiary/aromatic N) is 3. The van der Waals surface area contributed by atoms with Gasteiger partial charge in [0.05, 0.1) is 5.56 Å².